The van der Waals surface area contributed by atoms with Crippen molar-refractivity contribution in [3.63, 3.8) is 0 Å². The summed E-state index contributed by atoms with van der Waals surface area (Å²) in [4.78, 5) is 7.33. The lowest BCUT2D eigenvalue weighted by Gasteiger charge is -2.41. The number of nitriles is 1. The summed E-state index contributed by atoms with van der Waals surface area (Å²) in [5.41, 5.74) is 5.93. The second-order valence-corrected chi connectivity index (χ2v) is 9.32. The van der Waals surface area contributed by atoms with Crippen LogP contribution >= 0.6 is 11.8 Å². The van der Waals surface area contributed by atoms with E-state index in [0.717, 1.165) is 23.9 Å². The van der Waals surface area contributed by atoms with Crippen LogP contribution in [0.2, 0.25) is 0 Å². The number of fused-ring (bicyclic) bond motifs is 2. The van der Waals surface area contributed by atoms with Crippen molar-refractivity contribution in [1.29, 1.82) is 5.26 Å². The Labute approximate surface area is 160 Å². The van der Waals surface area contributed by atoms with E-state index in [0.29, 0.717) is 11.5 Å². The molecule has 0 unspecified atom stereocenters. The standard InChI is InChI=1S/C22H25N3S/c1-22(2,3)18-6-4-15(5-7-18)14-26-21-17(13-23)12-19-20(24-21)16-8-10-25(19)11-9-16/h4-7,12,16H,8-11,14H2,1-3H3. The van der Waals surface area contributed by atoms with Crippen molar-refractivity contribution >= 4 is 17.4 Å². The highest BCUT2D eigenvalue weighted by atomic mass is 32.2. The molecule has 0 radical (unpaired) electrons. The summed E-state index contributed by atoms with van der Waals surface area (Å²) in [6.45, 7) is 8.91. The lowest BCUT2D eigenvalue weighted by molar-refractivity contribution is 0.461. The highest BCUT2D eigenvalue weighted by molar-refractivity contribution is 7.98. The second-order valence-electron chi connectivity index (χ2n) is 8.35. The SMILES string of the molecule is CC(C)(C)c1ccc(CSc2nc3c(cc2C#N)N2CCC3CC2)cc1. The molecule has 1 fully saturated rings. The minimum atomic E-state index is 0.175. The first-order valence-corrected chi connectivity index (χ1v) is 10.4. The summed E-state index contributed by atoms with van der Waals surface area (Å²) >= 11 is 1.69. The zero-order chi connectivity index (χ0) is 18.3. The molecule has 0 N–H and O–H groups in total. The van der Waals surface area contributed by atoms with Crippen molar-refractivity contribution in [3.05, 3.63) is 52.7 Å². The molecule has 1 aromatic heterocycles. The minimum Gasteiger partial charge on any atom is -0.370 e. The molecular weight excluding hydrogens is 338 g/mol. The lowest BCUT2D eigenvalue weighted by Crippen LogP contribution is -2.39. The maximum Gasteiger partial charge on any atom is 0.115 e. The number of anilines is 1. The number of pyridine rings is 1. The number of thioether (sulfide) groups is 1. The molecule has 3 nitrogen and oxygen atoms in total. The number of hydrogen-bond acceptors (Lipinski definition) is 4. The molecule has 2 bridgehead atoms. The van der Waals surface area contributed by atoms with E-state index in [9.17, 15) is 5.26 Å². The van der Waals surface area contributed by atoms with Gasteiger partial charge in [0.2, 0.25) is 0 Å². The Bertz CT molecular complexity index is 851. The second kappa shape index (κ2) is 6.63. The van der Waals surface area contributed by atoms with Crippen LogP contribution in [0.4, 0.5) is 5.69 Å². The lowest BCUT2D eigenvalue weighted by atomic mass is 9.86. The summed E-state index contributed by atoms with van der Waals surface area (Å²) in [5.74, 6) is 1.42. The third-order valence-electron chi connectivity index (χ3n) is 5.53. The molecule has 5 rings (SSSR count). The van der Waals surface area contributed by atoms with Gasteiger partial charge in [-0.3, -0.25) is 0 Å². The molecule has 0 aliphatic carbocycles. The normalized spacial score (nSPS) is 16.5. The van der Waals surface area contributed by atoms with Gasteiger partial charge in [0.25, 0.3) is 0 Å². The van der Waals surface area contributed by atoms with Crippen LogP contribution in [0.1, 0.15) is 61.9 Å². The molecule has 0 amide bonds. The number of aromatic nitrogens is 1. The van der Waals surface area contributed by atoms with E-state index in [1.54, 1.807) is 11.8 Å². The fraction of sp³-hybridized carbons (Fsp3) is 0.455. The van der Waals surface area contributed by atoms with E-state index in [-0.39, 0.29) is 5.41 Å². The molecule has 0 saturated carbocycles. The van der Waals surface area contributed by atoms with Crippen LogP contribution < -0.4 is 4.90 Å². The van der Waals surface area contributed by atoms with Crippen LogP contribution in [0.15, 0.2) is 35.4 Å². The summed E-state index contributed by atoms with van der Waals surface area (Å²) in [7, 11) is 0. The van der Waals surface area contributed by atoms with Crippen LogP contribution in [-0.2, 0) is 11.2 Å². The van der Waals surface area contributed by atoms with Gasteiger partial charge >= 0.3 is 0 Å². The largest absolute Gasteiger partial charge is 0.370 e. The van der Waals surface area contributed by atoms with Gasteiger partial charge in [0.15, 0.2) is 0 Å². The van der Waals surface area contributed by atoms with E-state index in [2.05, 4.69) is 62.1 Å². The van der Waals surface area contributed by atoms with Gasteiger partial charge in [-0.1, -0.05) is 45.0 Å². The zero-order valence-electron chi connectivity index (χ0n) is 15.7. The summed E-state index contributed by atoms with van der Waals surface area (Å²) in [6.07, 6.45) is 2.40. The predicted molar refractivity (Wildman–Crippen MR) is 108 cm³/mol. The van der Waals surface area contributed by atoms with E-state index >= 15 is 0 Å². The van der Waals surface area contributed by atoms with Crippen LogP contribution in [0.5, 0.6) is 0 Å². The molecule has 1 aromatic carbocycles. The van der Waals surface area contributed by atoms with Gasteiger partial charge in [0, 0.05) is 24.8 Å². The number of piperidine rings is 1. The van der Waals surface area contributed by atoms with Crippen molar-refractivity contribution in [2.75, 3.05) is 18.0 Å². The van der Waals surface area contributed by atoms with Gasteiger partial charge in [-0.15, -0.1) is 11.8 Å². The average Bonchev–Trinajstić information content (AvgIpc) is 2.66. The quantitative estimate of drug-likeness (QED) is 0.699. The third kappa shape index (κ3) is 3.21. The van der Waals surface area contributed by atoms with Crippen LogP contribution in [0.25, 0.3) is 0 Å². The van der Waals surface area contributed by atoms with Crippen molar-refractivity contribution in [1.82, 2.24) is 4.98 Å². The number of nitrogens with zero attached hydrogens (tertiary/aromatic N) is 3. The van der Waals surface area contributed by atoms with Crippen molar-refractivity contribution in [2.45, 2.75) is 55.7 Å². The molecule has 3 aliphatic rings. The Balaban J connectivity index is 1.55. The number of benzene rings is 1. The van der Waals surface area contributed by atoms with Crippen LogP contribution in [0, 0.1) is 11.3 Å². The molecule has 3 aliphatic heterocycles. The highest BCUT2D eigenvalue weighted by Crippen LogP contribution is 2.43. The first kappa shape index (κ1) is 17.4. The van der Waals surface area contributed by atoms with Gasteiger partial charge in [0.1, 0.15) is 11.1 Å². The zero-order valence-corrected chi connectivity index (χ0v) is 16.6. The van der Waals surface area contributed by atoms with Crippen molar-refractivity contribution in [2.24, 2.45) is 0 Å². The Kier molecular flexibility index (Phi) is 4.44. The molecule has 134 valence electrons. The average molecular weight is 364 g/mol. The molecule has 4 heterocycles. The Morgan fingerprint density at radius 1 is 1.19 bits per heavy atom. The first-order chi connectivity index (χ1) is 12.5. The summed E-state index contributed by atoms with van der Waals surface area (Å²) < 4.78 is 0. The van der Waals surface area contributed by atoms with E-state index in [1.165, 1.54) is 35.3 Å². The number of rotatable bonds is 3. The van der Waals surface area contributed by atoms with Gasteiger partial charge in [-0.25, -0.2) is 4.98 Å². The third-order valence-corrected chi connectivity index (χ3v) is 6.60. The summed E-state index contributed by atoms with van der Waals surface area (Å²) in [6, 6.07) is 13.3. The monoisotopic (exact) mass is 363 g/mol. The molecular formula is C22H25N3S. The Morgan fingerprint density at radius 3 is 2.50 bits per heavy atom. The molecule has 0 spiro atoms. The van der Waals surface area contributed by atoms with Crippen molar-refractivity contribution in [3.8, 4) is 6.07 Å². The Morgan fingerprint density at radius 2 is 1.88 bits per heavy atom. The van der Waals surface area contributed by atoms with E-state index in [4.69, 9.17) is 4.98 Å². The van der Waals surface area contributed by atoms with Gasteiger partial charge in [-0.2, -0.15) is 5.26 Å². The first-order valence-electron chi connectivity index (χ1n) is 9.38. The van der Waals surface area contributed by atoms with Gasteiger partial charge in [-0.05, 0) is 35.4 Å². The molecule has 2 aromatic rings. The maximum absolute atomic E-state index is 9.59. The minimum absolute atomic E-state index is 0.175. The van der Waals surface area contributed by atoms with Crippen molar-refractivity contribution < 1.29 is 0 Å². The fourth-order valence-electron chi connectivity index (χ4n) is 3.89. The topological polar surface area (TPSA) is 39.9 Å². The van der Waals surface area contributed by atoms with E-state index < -0.39 is 0 Å². The van der Waals surface area contributed by atoms with E-state index in [1.807, 2.05) is 0 Å². The Hall–Kier alpha value is -1.99. The molecule has 0 atom stereocenters. The summed E-state index contributed by atoms with van der Waals surface area (Å²) in [5, 5.41) is 10.5. The smallest absolute Gasteiger partial charge is 0.115 e. The van der Waals surface area contributed by atoms with Gasteiger partial charge < -0.3 is 4.90 Å². The maximum atomic E-state index is 9.59. The molecule has 26 heavy (non-hydrogen) atoms. The highest BCUT2D eigenvalue weighted by Gasteiger charge is 2.33. The predicted octanol–water partition coefficient (Wildman–Crippen LogP) is 5.24. The fourth-order valence-corrected chi connectivity index (χ4v) is 4.81. The number of hydrogen-bond donors (Lipinski definition) is 0. The van der Waals surface area contributed by atoms with Crippen LogP contribution in [0.3, 0.4) is 0 Å². The van der Waals surface area contributed by atoms with Gasteiger partial charge in [0.05, 0.1) is 16.9 Å². The molecule has 4 heteroatoms. The van der Waals surface area contributed by atoms with Crippen LogP contribution in [-0.4, -0.2) is 18.1 Å². The molecule has 1 saturated heterocycles.